The Kier molecular flexibility index (Phi) is 12.0. The van der Waals surface area contributed by atoms with Gasteiger partial charge in [0.15, 0.2) is 0 Å². The Morgan fingerprint density at radius 2 is 0.938 bits per heavy atom. The Labute approximate surface area is 107 Å². The van der Waals surface area contributed by atoms with Gasteiger partial charge < -0.3 is 5.11 Å². The fourth-order valence-corrected chi connectivity index (χ4v) is 0. The van der Waals surface area contributed by atoms with Gasteiger partial charge in [-0.3, -0.25) is 0 Å². The molecule has 0 aromatic carbocycles. The van der Waals surface area contributed by atoms with Crippen LogP contribution < -0.4 is 0 Å². The van der Waals surface area contributed by atoms with Gasteiger partial charge in [0.2, 0.25) is 0 Å². The summed E-state index contributed by atoms with van der Waals surface area (Å²) in [6, 6.07) is 0. The maximum absolute atomic E-state index is 11.3. The van der Waals surface area contributed by atoms with E-state index >= 15 is 0 Å². The lowest BCUT2D eigenvalue weighted by molar-refractivity contribution is -0.170. The molecule has 102 valence electrons. The van der Waals surface area contributed by atoms with E-state index in [4.69, 9.17) is 5.11 Å². The summed E-state index contributed by atoms with van der Waals surface area (Å²) < 4.78 is 61.1. The summed E-state index contributed by atoms with van der Waals surface area (Å²) in [4.78, 5) is -3.56. The van der Waals surface area contributed by atoms with Crippen LogP contribution in [0.2, 0.25) is 0 Å². The van der Waals surface area contributed by atoms with E-state index in [0.29, 0.717) is 0 Å². The summed E-state index contributed by atoms with van der Waals surface area (Å²) in [5.74, 6) is 0. The molecule has 0 unspecified atom stereocenters. The molecule has 0 rings (SSSR count). The molecule has 0 saturated carbocycles. The molecule has 0 aliphatic rings. The summed E-state index contributed by atoms with van der Waals surface area (Å²) >= 11 is 15.9. The van der Waals surface area contributed by atoms with Crippen molar-refractivity contribution in [3.05, 3.63) is 0 Å². The molecular weight excluding hydrogens is 332 g/mol. The third-order valence-corrected chi connectivity index (χ3v) is 0.750. The lowest BCUT2D eigenvalue weighted by atomic mass is 10.7. The van der Waals surface area contributed by atoms with Gasteiger partial charge in [-0.25, -0.2) is 0 Å². The van der Waals surface area contributed by atoms with Crippen LogP contribution >= 0.6 is 46.4 Å². The number of hydrogen-bond acceptors (Lipinski definition) is 1. The number of aliphatic hydroxyl groups is 1. The standard InChI is InChI=1S/C2Cl2F4.C2H6O.CCl2F2/c3-1(4,5)2(6,7)8;1-2-3;2-1(3,4)5/h;3H,2H2,1H3;. The van der Waals surface area contributed by atoms with E-state index in [1.165, 1.54) is 0 Å². The zero-order chi connectivity index (χ0) is 14.2. The van der Waals surface area contributed by atoms with Crippen LogP contribution in [0.4, 0.5) is 26.3 Å². The van der Waals surface area contributed by atoms with E-state index in [2.05, 4.69) is 46.4 Å². The molecule has 16 heavy (non-hydrogen) atoms. The van der Waals surface area contributed by atoms with E-state index < -0.39 is 15.6 Å². The SMILES string of the molecule is CCO.FC(F)(Cl)Cl.FC(F)(F)C(F)(Cl)Cl. The first-order valence-electron chi connectivity index (χ1n) is 3.16. The molecule has 1 nitrogen and oxygen atoms in total. The van der Waals surface area contributed by atoms with Crippen LogP contribution in [0.3, 0.4) is 0 Å². The van der Waals surface area contributed by atoms with Gasteiger partial charge in [0.25, 0.3) is 0 Å². The van der Waals surface area contributed by atoms with Crippen molar-refractivity contribution < 1.29 is 31.4 Å². The van der Waals surface area contributed by atoms with Gasteiger partial charge in [-0.2, -0.15) is 26.3 Å². The number of halogens is 10. The second-order valence-corrected chi connectivity index (χ2v) is 4.12. The average molecular weight is 338 g/mol. The van der Waals surface area contributed by atoms with Crippen molar-refractivity contribution in [3.63, 3.8) is 0 Å². The zero-order valence-corrected chi connectivity index (χ0v) is 10.5. The van der Waals surface area contributed by atoms with Gasteiger partial charge in [-0.15, -0.1) is 0 Å². The molecule has 0 amide bonds. The van der Waals surface area contributed by atoms with Gasteiger partial charge in [0, 0.05) is 6.61 Å². The van der Waals surface area contributed by atoms with E-state index in [1.807, 2.05) is 0 Å². The molecule has 0 saturated heterocycles. The smallest absolute Gasteiger partial charge is 0.397 e. The molecular formula is C5H6Cl4F6O. The number of aliphatic hydroxyl groups excluding tert-OH is 1. The highest BCUT2D eigenvalue weighted by Gasteiger charge is 2.53. The average Bonchev–Trinajstić information content (AvgIpc) is 1.78. The van der Waals surface area contributed by atoms with Crippen LogP contribution in [0.1, 0.15) is 6.92 Å². The highest BCUT2D eigenvalue weighted by atomic mass is 35.5. The van der Waals surface area contributed by atoms with Crippen molar-refractivity contribution in [2.24, 2.45) is 0 Å². The molecule has 0 aliphatic heterocycles. The lowest BCUT2D eigenvalue weighted by Gasteiger charge is -2.11. The first kappa shape index (κ1) is 21.9. The van der Waals surface area contributed by atoms with Crippen molar-refractivity contribution in [3.8, 4) is 0 Å². The summed E-state index contributed by atoms with van der Waals surface area (Å²) in [6.07, 6.45) is -5.20. The van der Waals surface area contributed by atoms with Crippen LogP contribution in [0.5, 0.6) is 0 Å². The number of rotatable bonds is 0. The van der Waals surface area contributed by atoms with E-state index in [-0.39, 0.29) is 6.61 Å². The van der Waals surface area contributed by atoms with Crippen LogP contribution in [0, 0.1) is 0 Å². The molecule has 0 radical (unpaired) electrons. The minimum Gasteiger partial charge on any atom is -0.397 e. The van der Waals surface area contributed by atoms with E-state index in [9.17, 15) is 26.3 Å². The van der Waals surface area contributed by atoms with Gasteiger partial charge in [-0.1, -0.05) is 23.2 Å². The molecule has 0 fully saturated rings. The lowest BCUT2D eigenvalue weighted by Crippen LogP contribution is -2.28. The van der Waals surface area contributed by atoms with E-state index in [0.717, 1.165) is 0 Å². The molecule has 1 N–H and O–H groups in total. The Balaban J connectivity index is -0.000000181. The van der Waals surface area contributed by atoms with Gasteiger partial charge in [-0.05, 0) is 30.1 Å². The third-order valence-electron chi connectivity index (χ3n) is 0.321. The van der Waals surface area contributed by atoms with Crippen molar-refractivity contribution in [2.75, 3.05) is 6.61 Å². The Bertz CT molecular complexity index is 144. The molecule has 0 spiro atoms. The Morgan fingerprint density at radius 1 is 0.875 bits per heavy atom. The van der Waals surface area contributed by atoms with Crippen molar-refractivity contribution in [1.29, 1.82) is 0 Å². The Morgan fingerprint density at radius 3 is 0.938 bits per heavy atom. The van der Waals surface area contributed by atoms with Crippen LogP contribution in [-0.4, -0.2) is 27.3 Å². The molecule has 0 bridgehead atoms. The zero-order valence-electron chi connectivity index (χ0n) is 7.43. The number of alkyl halides is 10. The fourth-order valence-electron chi connectivity index (χ4n) is 0. The molecule has 0 aromatic heterocycles. The fraction of sp³-hybridized carbons (Fsp3) is 1.00. The van der Waals surface area contributed by atoms with Crippen molar-refractivity contribution >= 4 is 46.4 Å². The monoisotopic (exact) mass is 336 g/mol. The van der Waals surface area contributed by atoms with Crippen molar-refractivity contribution in [2.45, 2.75) is 22.5 Å². The predicted molar refractivity (Wildman–Crippen MR) is 51.0 cm³/mol. The molecule has 0 heterocycles. The predicted octanol–water partition coefficient (Wildman–Crippen LogP) is 4.66. The third kappa shape index (κ3) is 29.3. The van der Waals surface area contributed by atoms with Gasteiger partial charge >= 0.3 is 15.6 Å². The molecule has 0 aliphatic carbocycles. The highest BCUT2D eigenvalue weighted by Crippen LogP contribution is 2.40. The van der Waals surface area contributed by atoms with E-state index in [1.54, 1.807) is 6.92 Å². The minimum atomic E-state index is -5.20. The summed E-state index contributed by atoms with van der Waals surface area (Å²) in [5.41, 5.74) is 0. The van der Waals surface area contributed by atoms with Crippen LogP contribution in [0.15, 0.2) is 0 Å². The second-order valence-electron chi connectivity index (χ2n) is 1.74. The summed E-state index contributed by atoms with van der Waals surface area (Å²) in [5, 5.41) is 7.57. The molecule has 0 aromatic rings. The minimum absolute atomic E-state index is 0.250. The number of hydrogen-bond donors (Lipinski definition) is 1. The molecule has 0 atom stereocenters. The summed E-state index contributed by atoms with van der Waals surface area (Å²) in [6.45, 7) is 1.93. The maximum atomic E-state index is 11.3. The van der Waals surface area contributed by atoms with Gasteiger partial charge in [0.1, 0.15) is 0 Å². The summed E-state index contributed by atoms with van der Waals surface area (Å²) in [7, 11) is 0. The quantitative estimate of drug-likeness (QED) is 0.503. The Hall–Kier alpha value is 0.700. The van der Waals surface area contributed by atoms with Crippen LogP contribution in [0.25, 0.3) is 0 Å². The first-order chi connectivity index (χ1) is 6.66. The second kappa shape index (κ2) is 8.74. The topological polar surface area (TPSA) is 20.2 Å². The largest absolute Gasteiger partial charge is 0.452 e. The van der Waals surface area contributed by atoms with Crippen LogP contribution in [-0.2, 0) is 0 Å². The first-order valence-corrected chi connectivity index (χ1v) is 4.68. The van der Waals surface area contributed by atoms with Gasteiger partial charge in [0.05, 0.1) is 0 Å². The highest BCUT2D eigenvalue weighted by molar-refractivity contribution is 6.47. The normalized spacial score (nSPS) is 12.0. The maximum Gasteiger partial charge on any atom is 0.452 e. The van der Waals surface area contributed by atoms with Crippen molar-refractivity contribution in [1.82, 2.24) is 0 Å². The molecule has 11 heteroatoms.